The van der Waals surface area contributed by atoms with Crippen LogP contribution in [-0.2, 0) is 16.1 Å². The molecule has 1 saturated heterocycles. The normalized spacial score (nSPS) is 14.7. The van der Waals surface area contributed by atoms with E-state index < -0.39 is 0 Å². The molecule has 0 saturated carbocycles. The molecule has 2 heterocycles. The van der Waals surface area contributed by atoms with Crippen LogP contribution in [0.15, 0.2) is 36.5 Å². The second kappa shape index (κ2) is 9.48. The number of hydrogen-bond donors (Lipinski definition) is 1. The average molecular weight is 369 g/mol. The summed E-state index contributed by atoms with van der Waals surface area (Å²) in [6.45, 7) is 8.46. The first-order valence-corrected chi connectivity index (χ1v) is 9.38. The fourth-order valence-electron chi connectivity index (χ4n) is 3.07. The smallest absolute Gasteiger partial charge is 0.224 e. The Labute approximate surface area is 160 Å². The van der Waals surface area contributed by atoms with Gasteiger partial charge in [0, 0.05) is 44.4 Å². The van der Waals surface area contributed by atoms with Crippen molar-refractivity contribution in [1.82, 2.24) is 15.2 Å². The molecule has 3 rings (SSSR count). The van der Waals surface area contributed by atoms with Crippen LogP contribution in [0.2, 0.25) is 0 Å². The molecule has 1 fully saturated rings. The van der Waals surface area contributed by atoms with Gasteiger partial charge in [0.1, 0.15) is 5.75 Å². The third-order valence-electron chi connectivity index (χ3n) is 4.69. The van der Waals surface area contributed by atoms with E-state index in [-0.39, 0.29) is 5.91 Å². The Morgan fingerprint density at radius 2 is 1.93 bits per heavy atom. The lowest BCUT2D eigenvalue weighted by molar-refractivity contribution is -0.121. The fraction of sp³-hybridized carbons (Fsp3) is 0.429. The lowest BCUT2D eigenvalue weighted by atomic mass is 10.1. The molecular weight excluding hydrogens is 342 g/mol. The molecule has 1 N–H and O–H groups in total. The van der Waals surface area contributed by atoms with Crippen LogP contribution in [0.1, 0.15) is 23.1 Å². The summed E-state index contributed by atoms with van der Waals surface area (Å²) in [5, 5.41) is 2.98. The van der Waals surface area contributed by atoms with Gasteiger partial charge in [0.2, 0.25) is 11.8 Å². The topological polar surface area (TPSA) is 63.7 Å². The number of morpholine rings is 1. The van der Waals surface area contributed by atoms with Crippen molar-refractivity contribution in [3.8, 4) is 11.6 Å². The summed E-state index contributed by atoms with van der Waals surface area (Å²) in [5.41, 5.74) is 2.97. The van der Waals surface area contributed by atoms with Crippen molar-refractivity contribution in [3.63, 3.8) is 0 Å². The van der Waals surface area contributed by atoms with Gasteiger partial charge in [0.05, 0.1) is 13.2 Å². The van der Waals surface area contributed by atoms with E-state index in [0.717, 1.165) is 55.3 Å². The van der Waals surface area contributed by atoms with Gasteiger partial charge >= 0.3 is 0 Å². The third-order valence-corrected chi connectivity index (χ3v) is 4.69. The van der Waals surface area contributed by atoms with Gasteiger partial charge in [-0.15, -0.1) is 0 Å². The molecule has 0 bridgehead atoms. The Hall–Kier alpha value is -2.44. The number of aromatic nitrogens is 1. The van der Waals surface area contributed by atoms with Gasteiger partial charge in [-0.05, 0) is 31.0 Å². The van der Waals surface area contributed by atoms with E-state index in [0.29, 0.717) is 18.8 Å². The van der Waals surface area contributed by atoms with Crippen LogP contribution in [0.5, 0.6) is 11.6 Å². The van der Waals surface area contributed by atoms with E-state index in [1.807, 2.05) is 44.2 Å². The van der Waals surface area contributed by atoms with E-state index >= 15 is 0 Å². The second-order valence-corrected chi connectivity index (χ2v) is 6.77. The third kappa shape index (κ3) is 5.52. The Kier molecular flexibility index (Phi) is 6.79. The molecule has 6 nitrogen and oxygen atoms in total. The van der Waals surface area contributed by atoms with Crippen molar-refractivity contribution in [3.05, 3.63) is 53.2 Å². The Morgan fingerprint density at radius 1 is 1.19 bits per heavy atom. The molecule has 0 unspecified atom stereocenters. The first-order chi connectivity index (χ1) is 13.1. The van der Waals surface area contributed by atoms with Crippen LogP contribution in [0.3, 0.4) is 0 Å². The molecule has 27 heavy (non-hydrogen) atoms. The van der Waals surface area contributed by atoms with E-state index in [4.69, 9.17) is 9.47 Å². The van der Waals surface area contributed by atoms with Crippen molar-refractivity contribution >= 4 is 5.91 Å². The maximum absolute atomic E-state index is 12.2. The van der Waals surface area contributed by atoms with E-state index in [1.165, 1.54) is 0 Å². The molecule has 1 amide bonds. The zero-order valence-electron chi connectivity index (χ0n) is 16.0. The highest BCUT2D eigenvalue weighted by atomic mass is 16.5. The van der Waals surface area contributed by atoms with Crippen LogP contribution in [0, 0.1) is 13.8 Å². The van der Waals surface area contributed by atoms with Gasteiger partial charge in [-0.3, -0.25) is 9.69 Å². The summed E-state index contributed by atoms with van der Waals surface area (Å²) in [4.78, 5) is 18.8. The minimum Gasteiger partial charge on any atom is -0.438 e. The highest BCUT2D eigenvalue weighted by Crippen LogP contribution is 2.29. The number of nitrogens with zero attached hydrogens (tertiary/aromatic N) is 2. The highest BCUT2D eigenvalue weighted by molar-refractivity contribution is 5.76. The molecule has 0 radical (unpaired) electrons. The summed E-state index contributed by atoms with van der Waals surface area (Å²) < 4.78 is 11.4. The van der Waals surface area contributed by atoms with Crippen LogP contribution in [0.4, 0.5) is 0 Å². The van der Waals surface area contributed by atoms with E-state index in [2.05, 4.69) is 15.2 Å². The number of carbonyl (C=O) groups excluding carboxylic acids is 1. The molecule has 1 aromatic carbocycles. The predicted molar refractivity (Wildman–Crippen MR) is 104 cm³/mol. The van der Waals surface area contributed by atoms with Crippen molar-refractivity contribution in [2.45, 2.75) is 26.8 Å². The Bertz CT molecular complexity index is 753. The predicted octanol–water partition coefficient (Wildman–Crippen LogP) is 2.83. The molecule has 1 aromatic heterocycles. The monoisotopic (exact) mass is 369 g/mol. The Morgan fingerprint density at radius 3 is 2.67 bits per heavy atom. The number of pyridine rings is 1. The number of aryl methyl sites for hydroxylation is 2. The van der Waals surface area contributed by atoms with E-state index in [1.54, 1.807) is 6.20 Å². The standard InChI is InChI=1S/C21H27N3O3/c1-16-5-3-6-17(2)20(16)27-21-18(7-4-9-22-21)15-23-19(25)8-10-24-11-13-26-14-12-24/h3-7,9H,8,10-15H2,1-2H3,(H,23,25). The van der Waals surface area contributed by atoms with Crippen molar-refractivity contribution in [2.24, 2.45) is 0 Å². The largest absolute Gasteiger partial charge is 0.438 e. The lowest BCUT2D eigenvalue weighted by Gasteiger charge is -2.26. The molecule has 0 spiro atoms. The number of para-hydroxylation sites is 1. The average Bonchev–Trinajstić information content (AvgIpc) is 2.69. The minimum absolute atomic E-state index is 0.0309. The molecule has 144 valence electrons. The van der Waals surface area contributed by atoms with Crippen LogP contribution in [0.25, 0.3) is 0 Å². The molecule has 2 aromatic rings. The van der Waals surface area contributed by atoms with Gasteiger partial charge in [-0.25, -0.2) is 4.98 Å². The number of hydrogen-bond acceptors (Lipinski definition) is 5. The molecule has 1 aliphatic rings. The summed E-state index contributed by atoms with van der Waals surface area (Å²) in [5.74, 6) is 1.38. The number of ether oxygens (including phenoxy) is 2. The molecule has 1 aliphatic heterocycles. The zero-order chi connectivity index (χ0) is 19.1. The van der Waals surface area contributed by atoms with Crippen molar-refractivity contribution in [1.29, 1.82) is 0 Å². The van der Waals surface area contributed by atoms with Crippen LogP contribution in [-0.4, -0.2) is 48.6 Å². The van der Waals surface area contributed by atoms with Gasteiger partial charge in [0.15, 0.2) is 0 Å². The SMILES string of the molecule is Cc1cccc(C)c1Oc1ncccc1CNC(=O)CCN1CCOCC1. The number of carbonyl (C=O) groups is 1. The molecular formula is C21H27N3O3. The zero-order valence-corrected chi connectivity index (χ0v) is 16.0. The Balaban J connectivity index is 1.56. The van der Waals surface area contributed by atoms with Gasteiger partial charge < -0.3 is 14.8 Å². The highest BCUT2D eigenvalue weighted by Gasteiger charge is 2.13. The first-order valence-electron chi connectivity index (χ1n) is 9.38. The van der Waals surface area contributed by atoms with Crippen LogP contribution < -0.4 is 10.1 Å². The minimum atomic E-state index is 0.0309. The van der Waals surface area contributed by atoms with Gasteiger partial charge in [-0.2, -0.15) is 0 Å². The molecule has 0 atom stereocenters. The van der Waals surface area contributed by atoms with Crippen LogP contribution >= 0.6 is 0 Å². The first kappa shape index (κ1) is 19.3. The molecule has 0 aliphatic carbocycles. The molecule has 6 heteroatoms. The van der Waals surface area contributed by atoms with Gasteiger partial charge in [0.25, 0.3) is 0 Å². The summed E-state index contributed by atoms with van der Waals surface area (Å²) in [6, 6.07) is 9.81. The second-order valence-electron chi connectivity index (χ2n) is 6.77. The summed E-state index contributed by atoms with van der Waals surface area (Å²) >= 11 is 0. The fourth-order valence-corrected chi connectivity index (χ4v) is 3.07. The number of benzene rings is 1. The van der Waals surface area contributed by atoms with E-state index in [9.17, 15) is 4.79 Å². The quantitative estimate of drug-likeness (QED) is 0.813. The number of nitrogens with one attached hydrogen (secondary N) is 1. The number of amides is 1. The maximum atomic E-state index is 12.2. The van der Waals surface area contributed by atoms with Crippen molar-refractivity contribution in [2.75, 3.05) is 32.8 Å². The lowest BCUT2D eigenvalue weighted by Crippen LogP contribution is -2.38. The summed E-state index contributed by atoms with van der Waals surface area (Å²) in [7, 11) is 0. The number of rotatable bonds is 7. The van der Waals surface area contributed by atoms with Gasteiger partial charge in [-0.1, -0.05) is 24.3 Å². The van der Waals surface area contributed by atoms with Crippen molar-refractivity contribution < 1.29 is 14.3 Å². The summed E-state index contributed by atoms with van der Waals surface area (Å²) in [6.07, 6.45) is 2.18. The maximum Gasteiger partial charge on any atom is 0.224 e.